The number of hydrogen-bond donors (Lipinski definition) is 1. The molecule has 1 heterocycles. The predicted octanol–water partition coefficient (Wildman–Crippen LogP) is 5.03. The van der Waals surface area contributed by atoms with Crippen LogP contribution in [0.4, 0.5) is 18.9 Å². The summed E-state index contributed by atoms with van der Waals surface area (Å²) in [7, 11) is 0. The van der Waals surface area contributed by atoms with Crippen molar-refractivity contribution >= 4 is 17.5 Å². The van der Waals surface area contributed by atoms with Gasteiger partial charge in [-0.05, 0) is 71.7 Å². The Kier molecular flexibility index (Phi) is 6.64. The van der Waals surface area contributed by atoms with Crippen molar-refractivity contribution in [2.45, 2.75) is 31.7 Å². The molecule has 2 aliphatic rings. The van der Waals surface area contributed by atoms with Crippen LogP contribution in [0.1, 0.15) is 35.2 Å². The van der Waals surface area contributed by atoms with E-state index < -0.39 is 22.5 Å². The summed E-state index contributed by atoms with van der Waals surface area (Å²) in [5, 5.41) is 13.7. The summed E-state index contributed by atoms with van der Waals surface area (Å²) in [4.78, 5) is 37.1. The van der Waals surface area contributed by atoms with Gasteiger partial charge >= 0.3 is 0 Å². The van der Waals surface area contributed by atoms with Crippen LogP contribution in [0.2, 0.25) is 0 Å². The zero-order valence-corrected chi connectivity index (χ0v) is 20.3. The summed E-state index contributed by atoms with van der Waals surface area (Å²) in [6.45, 7) is 0.836. The van der Waals surface area contributed by atoms with Crippen LogP contribution in [-0.2, 0) is 11.2 Å². The van der Waals surface area contributed by atoms with Gasteiger partial charge in [0, 0.05) is 25.2 Å². The van der Waals surface area contributed by atoms with Gasteiger partial charge in [-0.25, -0.2) is 13.2 Å². The van der Waals surface area contributed by atoms with Gasteiger partial charge in [-0.2, -0.15) is 0 Å². The fraction of sp³-hybridized carbons (Fsp3) is 0.286. The molecule has 38 heavy (non-hydrogen) atoms. The van der Waals surface area contributed by atoms with Crippen LogP contribution < -0.4 is 5.32 Å². The number of amides is 2. The van der Waals surface area contributed by atoms with Gasteiger partial charge in [0.1, 0.15) is 17.5 Å². The Hall–Kier alpha value is -4.21. The number of non-ortho nitro benzene ring substituents is 1. The Morgan fingerprint density at radius 3 is 2.26 bits per heavy atom. The van der Waals surface area contributed by atoms with E-state index in [2.05, 4.69) is 5.32 Å². The molecule has 0 radical (unpaired) electrons. The van der Waals surface area contributed by atoms with Crippen LogP contribution in [0, 0.1) is 33.0 Å². The van der Waals surface area contributed by atoms with Crippen LogP contribution >= 0.6 is 0 Å². The number of piperidine rings is 1. The Morgan fingerprint density at radius 1 is 0.947 bits per heavy atom. The highest BCUT2D eigenvalue weighted by Crippen LogP contribution is 2.54. The number of halogens is 3. The second-order valence-corrected chi connectivity index (χ2v) is 9.89. The van der Waals surface area contributed by atoms with Crippen molar-refractivity contribution in [3.8, 4) is 11.1 Å². The van der Waals surface area contributed by atoms with E-state index in [-0.39, 0.29) is 46.4 Å². The number of hydrogen-bond acceptors (Lipinski definition) is 4. The molecule has 0 aromatic heterocycles. The van der Waals surface area contributed by atoms with E-state index in [4.69, 9.17) is 0 Å². The SMILES string of the molecule is O=C(Cc1ccc([N+](=O)[O-])cc1F)NC1CC12CCN(C(=O)c1ccc(-c3ccc(F)cc3)cc1F)CC2. The molecule has 3 aromatic rings. The standard InChI is InChI=1S/C28H24F3N3O4/c29-20-5-1-17(2-6-20)18-4-8-22(24(31)13-18)27(36)33-11-9-28(10-12-33)16-25(28)32-26(35)14-19-3-7-21(34(37)38)15-23(19)30/h1-8,13,15,25H,9-12,14,16H2,(H,32,35). The predicted molar refractivity (Wildman–Crippen MR) is 133 cm³/mol. The number of likely N-dealkylation sites (tertiary alicyclic amines) is 1. The fourth-order valence-corrected chi connectivity index (χ4v) is 5.15. The van der Waals surface area contributed by atoms with E-state index in [9.17, 15) is 32.9 Å². The maximum absolute atomic E-state index is 14.8. The lowest BCUT2D eigenvalue weighted by Crippen LogP contribution is -2.42. The molecule has 3 aromatic carbocycles. The highest BCUT2D eigenvalue weighted by molar-refractivity contribution is 5.95. The zero-order valence-electron chi connectivity index (χ0n) is 20.3. The molecule has 1 unspecified atom stereocenters. The second-order valence-electron chi connectivity index (χ2n) is 9.89. The summed E-state index contributed by atoms with van der Waals surface area (Å²) >= 11 is 0. The Balaban J connectivity index is 1.15. The molecule has 0 bridgehead atoms. The third-order valence-electron chi connectivity index (χ3n) is 7.55. The highest BCUT2D eigenvalue weighted by Gasteiger charge is 2.56. The molecule has 10 heteroatoms. The van der Waals surface area contributed by atoms with Gasteiger partial charge in [0.05, 0.1) is 23.0 Å². The third-order valence-corrected chi connectivity index (χ3v) is 7.55. The largest absolute Gasteiger partial charge is 0.352 e. The van der Waals surface area contributed by atoms with Crippen LogP contribution in [0.5, 0.6) is 0 Å². The van der Waals surface area contributed by atoms with Crippen molar-refractivity contribution in [3.05, 3.63) is 99.4 Å². The number of carbonyl (C=O) groups is 2. The van der Waals surface area contributed by atoms with E-state index in [1.807, 2.05) is 0 Å². The van der Waals surface area contributed by atoms with Gasteiger partial charge in [-0.1, -0.05) is 18.2 Å². The van der Waals surface area contributed by atoms with Crippen molar-refractivity contribution in [1.29, 1.82) is 0 Å². The summed E-state index contributed by atoms with van der Waals surface area (Å²) in [6.07, 6.45) is 1.80. The van der Waals surface area contributed by atoms with Gasteiger partial charge in [0.15, 0.2) is 0 Å². The zero-order chi connectivity index (χ0) is 27.0. The number of nitrogens with one attached hydrogen (secondary N) is 1. The average molecular weight is 524 g/mol. The maximum atomic E-state index is 14.8. The van der Waals surface area contributed by atoms with Crippen molar-refractivity contribution < 1.29 is 27.7 Å². The van der Waals surface area contributed by atoms with Gasteiger partial charge in [-0.15, -0.1) is 0 Å². The van der Waals surface area contributed by atoms with Gasteiger partial charge in [0.25, 0.3) is 11.6 Å². The van der Waals surface area contributed by atoms with E-state index in [0.717, 1.165) is 18.6 Å². The summed E-state index contributed by atoms with van der Waals surface area (Å²) in [6, 6.07) is 13.1. The lowest BCUT2D eigenvalue weighted by molar-refractivity contribution is -0.385. The fourth-order valence-electron chi connectivity index (χ4n) is 5.15. The van der Waals surface area contributed by atoms with Crippen molar-refractivity contribution in [1.82, 2.24) is 10.2 Å². The van der Waals surface area contributed by atoms with Crippen LogP contribution in [-0.4, -0.2) is 40.8 Å². The number of nitrogens with zero attached hydrogens (tertiary/aromatic N) is 2. The van der Waals surface area contributed by atoms with E-state index in [1.54, 1.807) is 23.1 Å². The molecule has 1 aliphatic heterocycles. The molecule has 1 aliphatic carbocycles. The number of nitro groups is 1. The monoisotopic (exact) mass is 523 g/mol. The Labute approximate surface area is 216 Å². The van der Waals surface area contributed by atoms with Gasteiger partial charge in [-0.3, -0.25) is 19.7 Å². The first-order chi connectivity index (χ1) is 18.1. The molecular formula is C28H24F3N3O4. The number of nitro benzene ring substituents is 1. The molecule has 1 saturated carbocycles. The minimum absolute atomic E-state index is 0.0300. The quantitative estimate of drug-likeness (QED) is 0.362. The molecule has 1 saturated heterocycles. The maximum Gasteiger partial charge on any atom is 0.272 e. The van der Waals surface area contributed by atoms with Crippen LogP contribution in [0.3, 0.4) is 0 Å². The number of carbonyl (C=O) groups excluding carboxylic acids is 2. The number of rotatable bonds is 6. The molecule has 1 N–H and O–H groups in total. The molecule has 2 amide bonds. The first kappa shape index (κ1) is 25.4. The van der Waals surface area contributed by atoms with Crippen molar-refractivity contribution in [2.24, 2.45) is 5.41 Å². The van der Waals surface area contributed by atoms with E-state index >= 15 is 0 Å². The van der Waals surface area contributed by atoms with E-state index in [1.165, 1.54) is 30.3 Å². The minimum Gasteiger partial charge on any atom is -0.352 e. The Morgan fingerprint density at radius 2 is 1.63 bits per heavy atom. The molecule has 2 fully saturated rings. The smallest absolute Gasteiger partial charge is 0.272 e. The second kappa shape index (κ2) is 9.92. The van der Waals surface area contributed by atoms with Gasteiger partial charge < -0.3 is 10.2 Å². The first-order valence-electron chi connectivity index (χ1n) is 12.2. The molecule has 1 atom stereocenters. The first-order valence-corrected chi connectivity index (χ1v) is 12.2. The van der Waals surface area contributed by atoms with Crippen LogP contribution in [0.15, 0.2) is 60.7 Å². The lowest BCUT2D eigenvalue weighted by atomic mass is 9.92. The molecule has 5 rings (SSSR count). The highest BCUT2D eigenvalue weighted by atomic mass is 19.1. The number of benzene rings is 3. The summed E-state index contributed by atoms with van der Waals surface area (Å²) in [5.41, 5.74) is 0.709. The average Bonchev–Trinajstić information content (AvgIpc) is 3.55. The molecule has 7 nitrogen and oxygen atoms in total. The van der Waals surface area contributed by atoms with Crippen molar-refractivity contribution in [3.63, 3.8) is 0 Å². The molecule has 196 valence electrons. The molecular weight excluding hydrogens is 499 g/mol. The third kappa shape index (κ3) is 5.11. The van der Waals surface area contributed by atoms with E-state index in [0.29, 0.717) is 37.1 Å². The normalized spacial score (nSPS) is 17.8. The summed E-state index contributed by atoms with van der Waals surface area (Å²) in [5.74, 6) is -2.61. The minimum atomic E-state index is -0.801. The topological polar surface area (TPSA) is 92.5 Å². The summed E-state index contributed by atoms with van der Waals surface area (Å²) < 4.78 is 42.1. The Bertz CT molecular complexity index is 1420. The van der Waals surface area contributed by atoms with Crippen molar-refractivity contribution in [2.75, 3.05) is 13.1 Å². The molecule has 1 spiro atoms. The lowest BCUT2D eigenvalue weighted by Gasteiger charge is -2.33. The van der Waals surface area contributed by atoms with Crippen LogP contribution in [0.25, 0.3) is 11.1 Å². The van der Waals surface area contributed by atoms with Gasteiger partial charge in [0.2, 0.25) is 5.91 Å².